The summed E-state index contributed by atoms with van der Waals surface area (Å²) in [5.41, 5.74) is 0. The number of hydrogen-bond acceptors (Lipinski definition) is 5. The molecule has 1 saturated heterocycles. The summed E-state index contributed by atoms with van der Waals surface area (Å²) < 4.78 is 33.0. The number of carbonyl (C=O) groups is 1. The minimum atomic E-state index is -3.67. The molecule has 2 atom stereocenters. The number of carbonyl (C=O) groups excluding carboxylic acids is 1. The highest BCUT2D eigenvalue weighted by Crippen LogP contribution is 2.20. The zero-order valence-electron chi connectivity index (χ0n) is 12.0. The standard InChI is InChI=1S/C12H24N2O5S/c1-3-11(9-15)13-20(17,18)14-7-5-6-10(8-14)12(16)19-4-2/h10-11,13,15H,3-9H2,1-2H3. The average molecular weight is 308 g/mol. The quantitative estimate of drug-likeness (QED) is 0.639. The van der Waals surface area contributed by atoms with Crippen LogP contribution in [0.25, 0.3) is 0 Å². The molecule has 0 bridgehead atoms. The van der Waals surface area contributed by atoms with Gasteiger partial charge in [0.25, 0.3) is 10.2 Å². The number of ether oxygens (including phenoxy) is 1. The lowest BCUT2D eigenvalue weighted by molar-refractivity contribution is -0.149. The Bertz CT molecular complexity index is 408. The number of rotatable bonds is 7. The summed E-state index contributed by atoms with van der Waals surface area (Å²) in [6.07, 6.45) is 1.77. The molecule has 0 aromatic rings. The number of aliphatic hydroxyl groups is 1. The lowest BCUT2D eigenvalue weighted by Gasteiger charge is -2.31. The largest absolute Gasteiger partial charge is 0.466 e. The summed E-state index contributed by atoms with van der Waals surface area (Å²) in [5, 5.41) is 9.08. The number of aliphatic hydroxyl groups excluding tert-OH is 1. The fourth-order valence-corrected chi connectivity index (χ4v) is 3.71. The van der Waals surface area contributed by atoms with Crippen LogP contribution in [-0.2, 0) is 19.7 Å². The van der Waals surface area contributed by atoms with Crippen molar-refractivity contribution in [3.63, 3.8) is 0 Å². The van der Waals surface area contributed by atoms with Crippen LogP contribution in [0.15, 0.2) is 0 Å². The van der Waals surface area contributed by atoms with Crippen LogP contribution in [-0.4, -0.2) is 56.1 Å². The molecule has 0 aromatic heterocycles. The second kappa shape index (κ2) is 7.92. The molecule has 1 fully saturated rings. The summed E-state index contributed by atoms with van der Waals surface area (Å²) in [7, 11) is -3.67. The maximum Gasteiger partial charge on any atom is 0.310 e. The van der Waals surface area contributed by atoms with Crippen molar-refractivity contribution in [3.05, 3.63) is 0 Å². The van der Waals surface area contributed by atoms with E-state index in [9.17, 15) is 13.2 Å². The molecule has 1 rings (SSSR count). The zero-order valence-corrected chi connectivity index (χ0v) is 12.9. The van der Waals surface area contributed by atoms with Crippen molar-refractivity contribution in [2.75, 3.05) is 26.3 Å². The molecular formula is C12H24N2O5S. The maximum atomic E-state index is 12.2. The second-order valence-electron chi connectivity index (χ2n) is 4.86. The molecule has 0 radical (unpaired) electrons. The Morgan fingerprint density at radius 3 is 2.75 bits per heavy atom. The Balaban J connectivity index is 2.68. The molecule has 2 unspecified atom stereocenters. The molecule has 1 heterocycles. The average Bonchev–Trinajstić information content (AvgIpc) is 2.45. The molecule has 7 nitrogen and oxygen atoms in total. The third-order valence-corrected chi connectivity index (χ3v) is 5.02. The predicted octanol–water partition coefficient (Wildman–Crippen LogP) is -0.133. The van der Waals surface area contributed by atoms with E-state index in [-0.39, 0.29) is 19.1 Å². The second-order valence-corrected chi connectivity index (χ2v) is 6.56. The van der Waals surface area contributed by atoms with Crippen molar-refractivity contribution in [3.8, 4) is 0 Å². The Morgan fingerprint density at radius 1 is 1.50 bits per heavy atom. The molecule has 2 N–H and O–H groups in total. The monoisotopic (exact) mass is 308 g/mol. The van der Waals surface area contributed by atoms with Crippen LogP contribution in [0.4, 0.5) is 0 Å². The molecule has 0 spiro atoms. The van der Waals surface area contributed by atoms with Crippen LogP contribution >= 0.6 is 0 Å². The van der Waals surface area contributed by atoms with Gasteiger partial charge in [-0.25, -0.2) is 0 Å². The van der Waals surface area contributed by atoms with Crippen molar-refractivity contribution in [1.82, 2.24) is 9.03 Å². The number of hydrogen-bond donors (Lipinski definition) is 2. The van der Waals surface area contributed by atoms with Gasteiger partial charge in [-0.05, 0) is 26.2 Å². The molecule has 0 amide bonds. The SMILES string of the molecule is CCOC(=O)C1CCCN(S(=O)(=O)NC(CC)CO)C1. The van der Waals surface area contributed by atoms with Crippen LogP contribution in [0.1, 0.15) is 33.1 Å². The summed E-state index contributed by atoms with van der Waals surface area (Å²) in [4.78, 5) is 11.7. The van der Waals surface area contributed by atoms with Gasteiger partial charge in [0.05, 0.1) is 19.1 Å². The van der Waals surface area contributed by atoms with Gasteiger partial charge in [0.1, 0.15) is 0 Å². The smallest absolute Gasteiger partial charge is 0.310 e. The zero-order chi connectivity index (χ0) is 15.2. The van der Waals surface area contributed by atoms with E-state index in [1.54, 1.807) is 13.8 Å². The molecule has 0 saturated carbocycles. The lowest BCUT2D eigenvalue weighted by Crippen LogP contribution is -2.50. The highest BCUT2D eigenvalue weighted by atomic mass is 32.2. The van der Waals surface area contributed by atoms with Gasteiger partial charge >= 0.3 is 5.97 Å². The third-order valence-electron chi connectivity index (χ3n) is 3.37. The van der Waals surface area contributed by atoms with E-state index < -0.39 is 22.2 Å². The van der Waals surface area contributed by atoms with Gasteiger partial charge in [0.2, 0.25) is 0 Å². The molecular weight excluding hydrogens is 284 g/mol. The summed E-state index contributed by atoms with van der Waals surface area (Å²) in [6.45, 7) is 4.08. The van der Waals surface area contributed by atoms with Crippen LogP contribution in [0, 0.1) is 5.92 Å². The van der Waals surface area contributed by atoms with Gasteiger partial charge in [0, 0.05) is 19.1 Å². The first-order chi connectivity index (χ1) is 9.44. The van der Waals surface area contributed by atoms with Gasteiger partial charge in [-0.2, -0.15) is 17.4 Å². The van der Waals surface area contributed by atoms with Crippen LogP contribution in [0.3, 0.4) is 0 Å². The Labute approximate surface area is 120 Å². The Morgan fingerprint density at radius 2 is 2.20 bits per heavy atom. The number of nitrogens with zero attached hydrogens (tertiary/aromatic N) is 1. The molecule has 0 aliphatic carbocycles. The summed E-state index contributed by atoms with van der Waals surface area (Å²) in [5.74, 6) is -0.754. The minimum Gasteiger partial charge on any atom is -0.466 e. The van der Waals surface area contributed by atoms with E-state index in [2.05, 4.69) is 4.72 Å². The summed E-state index contributed by atoms with van der Waals surface area (Å²) >= 11 is 0. The lowest BCUT2D eigenvalue weighted by atomic mass is 10.0. The van der Waals surface area contributed by atoms with Crippen molar-refractivity contribution in [2.45, 2.75) is 39.2 Å². The molecule has 8 heteroatoms. The maximum absolute atomic E-state index is 12.2. The first kappa shape index (κ1) is 17.4. The van der Waals surface area contributed by atoms with Gasteiger partial charge in [-0.1, -0.05) is 6.92 Å². The first-order valence-corrected chi connectivity index (χ1v) is 8.43. The van der Waals surface area contributed by atoms with Gasteiger partial charge < -0.3 is 9.84 Å². The number of piperidine rings is 1. The van der Waals surface area contributed by atoms with E-state index in [0.29, 0.717) is 32.4 Å². The van der Waals surface area contributed by atoms with Gasteiger partial charge in [-0.15, -0.1) is 0 Å². The fourth-order valence-electron chi connectivity index (χ4n) is 2.15. The normalized spacial score (nSPS) is 22.4. The van der Waals surface area contributed by atoms with E-state index in [0.717, 1.165) is 0 Å². The first-order valence-electron chi connectivity index (χ1n) is 6.99. The molecule has 1 aliphatic heterocycles. The van der Waals surface area contributed by atoms with Crippen molar-refractivity contribution < 1.29 is 23.1 Å². The number of nitrogens with one attached hydrogen (secondary N) is 1. The fraction of sp³-hybridized carbons (Fsp3) is 0.917. The van der Waals surface area contributed by atoms with Crippen LogP contribution in [0.5, 0.6) is 0 Å². The van der Waals surface area contributed by atoms with E-state index >= 15 is 0 Å². The van der Waals surface area contributed by atoms with Gasteiger partial charge in [0.15, 0.2) is 0 Å². The molecule has 0 aromatic carbocycles. The predicted molar refractivity (Wildman–Crippen MR) is 74.2 cm³/mol. The third kappa shape index (κ3) is 4.69. The van der Waals surface area contributed by atoms with E-state index in [1.165, 1.54) is 4.31 Å². The van der Waals surface area contributed by atoms with Crippen LogP contribution < -0.4 is 4.72 Å². The van der Waals surface area contributed by atoms with Crippen molar-refractivity contribution in [1.29, 1.82) is 0 Å². The topological polar surface area (TPSA) is 95.9 Å². The van der Waals surface area contributed by atoms with E-state index in [1.807, 2.05) is 0 Å². The van der Waals surface area contributed by atoms with Gasteiger partial charge in [-0.3, -0.25) is 4.79 Å². The molecule has 118 valence electrons. The molecule has 1 aliphatic rings. The minimum absolute atomic E-state index is 0.135. The highest BCUT2D eigenvalue weighted by Gasteiger charge is 2.33. The van der Waals surface area contributed by atoms with Crippen molar-refractivity contribution in [2.24, 2.45) is 5.92 Å². The molecule has 20 heavy (non-hydrogen) atoms. The van der Waals surface area contributed by atoms with Crippen molar-refractivity contribution >= 4 is 16.2 Å². The Kier molecular flexibility index (Phi) is 6.87. The summed E-state index contributed by atoms with van der Waals surface area (Å²) in [6, 6.07) is -0.497. The number of esters is 1. The Hall–Kier alpha value is -0.700. The van der Waals surface area contributed by atoms with E-state index in [4.69, 9.17) is 9.84 Å². The highest BCUT2D eigenvalue weighted by molar-refractivity contribution is 7.87. The van der Waals surface area contributed by atoms with Crippen LogP contribution in [0.2, 0.25) is 0 Å².